The van der Waals surface area contributed by atoms with Gasteiger partial charge in [-0.05, 0) is 49.5 Å². The first-order valence-corrected chi connectivity index (χ1v) is 9.64. The highest BCUT2D eigenvalue weighted by Crippen LogP contribution is 2.46. The minimum absolute atomic E-state index is 0.0174. The predicted octanol–water partition coefficient (Wildman–Crippen LogP) is 2.02. The number of benzene rings is 1. The summed E-state index contributed by atoms with van der Waals surface area (Å²) in [6, 6.07) is 3.95. The summed E-state index contributed by atoms with van der Waals surface area (Å²) in [7, 11) is 1.59. The summed E-state index contributed by atoms with van der Waals surface area (Å²) < 4.78 is 38.0. The van der Waals surface area contributed by atoms with Crippen molar-refractivity contribution in [2.45, 2.75) is 30.8 Å². The van der Waals surface area contributed by atoms with E-state index in [-0.39, 0.29) is 30.5 Å². The molecule has 7 heteroatoms. The van der Waals surface area contributed by atoms with Gasteiger partial charge in [-0.25, -0.2) is 8.78 Å². The van der Waals surface area contributed by atoms with E-state index in [4.69, 9.17) is 9.47 Å². The van der Waals surface area contributed by atoms with Crippen molar-refractivity contribution < 1.29 is 23.0 Å². The molecule has 4 aliphatic rings. The summed E-state index contributed by atoms with van der Waals surface area (Å²) in [4.78, 5) is 17.1. The quantitative estimate of drug-likeness (QED) is 0.708. The van der Waals surface area contributed by atoms with Crippen LogP contribution >= 0.6 is 0 Å². The van der Waals surface area contributed by atoms with E-state index >= 15 is 0 Å². The van der Waals surface area contributed by atoms with E-state index in [9.17, 15) is 13.6 Å². The van der Waals surface area contributed by atoms with Crippen molar-refractivity contribution in [2.75, 3.05) is 46.6 Å². The molecule has 0 radical (unpaired) electrons. The zero-order valence-corrected chi connectivity index (χ0v) is 15.6. The average molecular weight is 380 g/mol. The highest BCUT2D eigenvalue weighted by molar-refractivity contribution is 5.78. The smallest absolute Gasteiger partial charge is 0.248 e. The van der Waals surface area contributed by atoms with E-state index in [1.54, 1.807) is 7.11 Å². The zero-order chi connectivity index (χ0) is 19.0. The molecular formula is C20H26F2N2O3. The molecule has 5 rings (SSSR count). The van der Waals surface area contributed by atoms with Crippen LogP contribution in [0.15, 0.2) is 18.2 Å². The summed E-state index contributed by atoms with van der Waals surface area (Å²) >= 11 is 0. The third-order valence-corrected chi connectivity index (χ3v) is 6.28. The van der Waals surface area contributed by atoms with E-state index in [0.717, 1.165) is 32.0 Å². The van der Waals surface area contributed by atoms with Gasteiger partial charge in [0.1, 0.15) is 18.2 Å². The first kappa shape index (κ1) is 18.8. The van der Waals surface area contributed by atoms with E-state index in [1.165, 1.54) is 12.1 Å². The van der Waals surface area contributed by atoms with Gasteiger partial charge in [0.15, 0.2) is 0 Å². The Kier molecular flexibility index (Phi) is 5.43. The van der Waals surface area contributed by atoms with E-state index in [2.05, 4.69) is 4.90 Å². The van der Waals surface area contributed by atoms with Crippen LogP contribution in [0.1, 0.15) is 24.3 Å². The molecule has 27 heavy (non-hydrogen) atoms. The van der Waals surface area contributed by atoms with Crippen LogP contribution in [0.2, 0.25) is 0 Å². The monoisotopic (exact) mass is 380 g/mol. The van der Waals surface area contributed by atoms with Crippen molar-refractivity contribution in [3.05, 3.63) is 35.4 Å². The molecule has 0 N–H and O–H groups in total. The number of carbonyl (C=O) groups excluding carboxylic acids is 1. The number of hydrogen-bond donors (Lipinski definition) is 0. The molecule has 2 bridgehead atoms. The summed E-state index contributed by atoms with van der Waals surface area (Å²) in [5.41, 5.74) is 0.644. The van der Waals surface area contributed by atoms with Crippen LogP contribution in [0.4, 0.5) is 8.78 Å². The molecule has 0 aliphatic carbocycles. The van der Waals surface area contributed by atoms with Crippen LogP contribution in [-0.4, -0.2) is 74.4 Å². The lowest BCUT2D eigenvalue weighted by atomic mass is 9.75. The second-order valence-corrected chi connectivity index (χ2v) is 7.76. The van der Waals surface area contributed by atoms with Crippen LogP contribution in [-0.2, 0) is 14.3 Å². The van der Waals surface area contributed by atoms with Crippen LogP contribution in [0.25, 0.3) is 0 Å². The highest BCUT2D eigenvalue weighted by Gasteiger charge is 2.54. The molecule has 4 fully saturated rings. The van der Waals surface area contributed by atoms with E-state index in [0.29, 0.717) is 31.2 Å². The van der Waals surface area contributed by atoms with Crippen molar-refractivity contribution >= 4 is 5.91 Å². The number of nitrogens with zero attached hydrogens (tertiary/aromatic N) is 2. The fraction of sp³-hybridized carbons (Fsp3) is 0.650. The third-order valence-electron chi connectivity index (χ3n) is 6.28. The summed E-state index contributed by atoms with van der Waals surface area (Å²) in [5, 5.41) is 0. The number of hydrogen-bond acceptors (Lipinski definition) is 4. The molecule has 1 amide bonds. The molecule has 0 spiro atoms. The topological polar surface area (TPSA) is 42.0 Å². The Bertz CT molecular complexity index is 674. The summed E-state index contributed by atoms with van der Waals surface area (Å²) in [6.07, 6.45) is 2.14. The molecule has 1 aromatic rings. The first-order valence-electron chi connectivity index (χ1n) is 9.64. The van der Waals surface area contributed by atoms with Gasteiger partial charge in [0.2, 0.25) is 5.91 Å². The lowest BCUT2D eigenvalue weighted by Gasteiger charge is -2.51. The number of halogens is 2. The number of ether oxygens (including phenoxy) is 2. The fourth-order valence-electron chi connectivity index (χ4n) is 5.17. The lowest BCUT2D eigenvalue weighted by molar-refractivity contribution is -0.141. The SMILES string of the molecule is COCCOCC(=O)N1C[C@@H](c2cc(F)cc(F)c2)[C@@H]2[C@H]1C1CCN2CC1. The molecule has 0 aromatic heterocycles. The minimum atomic E-state index is -0.565. The van der Waals surface area contributed by atoms with Gasteiger partial charge in [-0.3, -0.25) is 9.69 Å². The van der Waals surface area contributed by atoms with Gasteiger partial charge in [-0.2, -0.15) is 0 Å². The van der Waals surface area contributed by atoms with Gasteiger partial charge in [0.05, 0.1) is 19.3 Å². The van der Waals surface area contributed by atoms with Crippen molar-refractivity contribution in [1.82, 2.24) is 9.80 Å². The maximum atomic E-state index is 13.8. The molecule has 4 saturated heterocycles. The molecule has 148 valence electrons. The van der Waals surface area contributed by atoms with Crippen molar-refractivity contribution in [2.24, 2.45) is 5.92 Å². The second-order valence-electron chi connectivity index (χ2n) is 7.76. The van der Waals surface area contributed by atoms with Gasteiger partial charge in [-0.15, -0.1) is 0 Å². The van der Waals surface area contributed by atoms with Crippen molar-refractivity contribution in [1.29, 1.82) is 0 Å². The highest BCUT2D eigenvalue weighted by atomic mass is 19.1. The average Bonchev–Trinajstić information content (AvgIpc) is 3.08. The molecule has 3 atom stereocenters. The Balaban J connectivity index is 1.57. The minimum Gasteiger partial charge on any atom is -0.382 e. The first-order chi connectivity index (χ1) is 13.1. The molecule has 0 unspecified atom stereocenters. The molecule has 0 saturated carbocycles. The summed E-state index contributed by atoms with van der Waals surface area (Å²) in [5.74, 6) is -0.804. The molecule has 4 aliphatic heterocycles. The maximum Gasteiger partial charge on any atom is 0.248 e. The van der Waals surface area contributed by atoms with Crippen LogP contribution in [0.3, 0.4) is 0 Å². The van der Waals surface area contributed by atoms with E-state index in [1.807, 2.05) is 4.90 Å². The third kappa shape index (κ3) is 3.60. The number of fused-ring (bicyclic) bond motifs is 2. The zero-order valence-electron chi connectivity index (χ0n) is 15.6. The molecular weight excluding hydrogens is 354 g/mol. The van der Waals surface area contributed by atoms with Crippen molar-refractivity contribution in [3.8, 4) is 0 Å². The Labute approximate surface area is 158 Å². The number of amides is 1. The van der Waals surface area contributed by atoms with Gasteiger partial charge in [0.25, 0.3) is 0 Å². The van der Waals surface area contributed by atoms with Crippen LogP contribution in [0, 0.1) is 17.6 Å². The number of likely N-dealkylation sites (tertiary alicyclic amines) is 1. The molecule has 5 nitrogen and oxygen atoms in total. The number of rotatable bonds is 6. The van der Waals surface area contributed by atoms with Crippen LogP contribution < -0.4 is 0 Å². The Morgan fingerprint density at radius 3 is 2.48 bits per heavy atom. The normalized spacial score (nSPS) is 32.0. The van der Waals surface area contributed by atoms with E-state index < -0.39 is 11.6 Å². The summed E-state index contributed by atoms with van der Waals surface area (Å²) in [6.45, 7) is 3.30. The van der Waals surface area contributed by atoms with Gasteiger partial charge >= 0.3 is 0 Å². The second kappa shape index (κ2) is 7.81. The van der Waals surface area contributed by atoms with Gasteiger partial charge in [-0.1, -0.05) is 0 Å². The standard InChI is InChI=1S/C20H26F2N2O3/c1-26-6-7-27-12-18(25)24-11-17(14-8-15(21)10-16(22)9-14)20-19(24)13-2-4-23(20)5-3-13/h8-10,13,17,19-20H,2-7,11-12H2,1H3/t17-,19+,20+/m0/s1. The number of methoxy groups -OCH3 is 1. The maximum absolute atomic E-state index is 13.8. The Hall–Kier alpha value is -1.57. The molecule has 4 heterocycles. The Morgan fingerprint density at radius 2 is 1.81 bits per heavy atom. The van der Waals surface area contributed by atoms with Crippen LogP contribution in [0.5, 0.6) is 0 Å². The molecule has 1 aromatic carbocycles. The predicted molar refractivity (Wildman–Crippen MR) is 95.4 cm³/mol. The number of carbonyl (C=O) groups is 1. The Morgan fingerprint density at radius 1 is 1.11 bits per heavy atom. The van der Waals surface area contributed by atoms with Gasteiger partial charge < -0.3 is 14.4 Å². The largest absolute Gasteiger partial charge is 0.382 e. The fourth-order valence-corrected chi connectivity index (χ4v) is 5.17. The van der Waals surface area contributed by atoms with Gasteiger partial charge in [0, 0.05) is 31.7 Å². The number of piperidine rings is 3. The lowest BCUT2D eigenvalue weighted by Crippen LogP contribution is -2.61. The van der Waals surface area contributed by atoms with Crippen molar-refractivity contribution in [3.63, 3.8) is 0 Å².